The number of amidine groups is 1. The molecule has 21 heavy (non-hydrogen) atoms. The van der Waals surface area contributed by atoms with Gasteiger partial charge in [-0.15, -0.1) is 0 Å². The topological polar surface area (TPSA) is 42.9 Å². The average Bonchev–Trinajstić information content (AvgIpc) is 3.15. The highest BCUT2D eigenvalue weighted by molar-refractivity contribution is 6.02. The Morgan fingerprint density at radius 1 is 1.24 bits per heavy atom. The molecule has 0 aromatic heterocycles. The third-order valence-corrected chi connectivity index (χ3v) is 3.92. The smallest absolute Gasteiger partial charge is 0.148 e. The zero-order chi connectivity index (χ0) is 14.2. The van der Waals surface area contributed by atoms with E-state index in [-0.39, 0.29) is 24.1 Å². The summed E-state index contributed by atoms with van der Waals surface area (Å²) in [5.74, 6) is 0.605. The summed E-state index contributed by atoms with van der Waals surface area (Å²) in [5.41, 5.74) is 1.91. The second-order valence-corrected chi connectivity index (χ2v) is 5.30. The number of nitrogens with zero attached hydrogens (tertiary/aromatic N) is 1. The predicted octanol–water partition coefficient (Wildman–Crippen LogP) is 2.11. The van der Waals surface area contributed by atoms with E-state index in [0.717, 1.165) is 17.0 Å². The monoisotopic (exact) mass is 286 g/mol. The Labute approximate surface area is 122 Å². The Morgan fingerprint density at radius 2 is 2.14 bits per heavy atom. The summed E-state index contributed by atoms with van der Waals surface area (Å²) in [6.07, 6.45) is 5.98. The van der Waals surface area contributed by atoms with Crippen LogP contribution in [0.2, 0.25) is 0 Å². The van der Waals surface area contributed by atoms with Crippen molar-refractivity contribution in [1.29, 1.82) is 0 Å². The fourth-order valence-corrected chi connectivity index (χ4v) is 2.81. The van der Waals surface area contributed by atoms with Gasteiger partial charge in [-0.2, -0.15) is 0 Å². The minimum atomic E-state index is -0.223. The standard InChI is InChI=1S/C16H15FN2O2/c17-12-3-1-2-10(6-12)13-8-18-16(19-13)11-4-5-14-15(7-11)21-9-20-14/h1-7,13-15H,8-9H2,(H,18,19). The van der Waals surface area contributed by atoms with Gasteiger partial charge in [0.25, 0.3) is 0 Å². The maximum absolute atomic E-state index is 13.3. The molecule has 1 fully saturated rings. The van der Waals surface area contributed by atoms with Gasteiger partial charge in [-0.1, -0.05) is 24.3 Å². The molecular formula is C16H15FN2O2. The minimum Gasteiger partial charge on any atom is -0.361 e. The first-order valence-electron chi connectivity index (χ1n) is 7.00. The molecule has 4 nitrogen and oxygen atoms in total. The molecule has 4 rings (SSSR count). The van der Waals surface area contributed by atoms with Crippen molar-refractivity contribution in [2.75, 3.05) is 13.3 Å². The summed E-state index contributed by atoms with van der Waals surface area (Å²) in [6.45, 7) is 0.935. The second kappa shape index (κ2) is 5.09. The van der Waals surface area contributed by atoms with Crippen LogP contribution < -0.4 is 5.32 Å². The number of hydrogen-bond donors (Lipinski definition) is 1. The molecule has 3 unspecified atom stereocenters. The Balaban J connectivity index is 1.50. The van der Waals surface area contributed by atoms with E-state index in [9.17, 15) is 4.39 Å². The molecule has 3 aliphatic rings. The van der Waals surface area contributed by atoms with E-state index in [1.54, 1.807) is 12.1 Å². The highest BCUT2D eigenvalue weighted by Crippen LogP contribution is 2.25. The molecule has 1 saturated heterocycles. The SMILES string of the molecule is Fc1cccc(C2CN=C(C3=CC4OCOC4C=C3)N2)c1. The molecule has 1 N–H and O–H groups in total. The normalized spacial score (nSPS) is 30.6. The first-order chi connectivity index (χ1) is 10.3. The number of nitrogens with one attached hydrogen (secondary N) is 1. The lowest BCUT2D eigenvalue weighted by Crippen LogP contribution is -2.28. The van der Waals surface area contributed by atoms with Crippen LogP contribution in [-0.2, 0) is 9.47 Å². The van der Waals surface area contributed by atoms with E-state index < -0.39 is 0 Å². The predicted molar refractivity (Wildman–Crippen MR) is 76.4 cm³/mol. The summed E-state index contributed by atoms with van der Waals surface area (Å²) in [6, 6.07) is 6.64. The molecule has 1 aromatic carbocycles. The number of benzene rings is 1. The van der Waals surface area contributed by atoms with Crippen LogP contribution in [0.4, 0.5) is 4.39 Å². The van der Waals surface area contributed by atoms with Gasteiger partial charge < -0.3 is 14.8 Å². The zero-order valence-corrected chi connectivity index (χ0v) is 11.3. The first kappa shape index (κ1) is 12.7. The molecule has 0 radical (unpaired) electrons. The third kappa shape index (κ3) is 2.39. The van der Waals surface area contributed by atoms with Crippen LogP contribution in [0.25, 0.3) is 0 Å². The molecule has 5 heteroatoms. The molecule has 1 aliphatic carbocycles. The lowest BCUT2D eigenvalue weighted by atomic mass is 10.0. The Morgan fingerprint density at radius 3 is 3.05 bits per heavy atom. The van der Waals surface area contributed by atoms with Crippen LogP contribution in [0.1, 0.15) is 11.6 Å². The molecule has 0 spiro atoms. The van der Waals surface area contributed by atoms with Gasteiger partial charge in [0.05, 0.1) is 12.6 Å². The fraction of sp³-hybridized carbons (Fsp3) is 0.312. The summed E-state index contributed by atoms with van der Waals surface area (Å²) in [5, 5.41) is 3.35. The number of hydrogen-bond acceptors (Lipinski definition) is 4. The quantitative estimate of drug-likeness (QED) is 0.905. The van der Waals surface area contributed by atoms with Gasteiger partial charge in [-0.05, 0) is 23.8 Å². The van der Waals surface area contributed by atoms with Crippen molar-refractivity contribution in [3.63, 3.8) is 0 Å². The van der Waals surface area contributed by atoms with Gasteiger partial charge in [0.2, 0.25) is 0 Å². The highest BCUT2D eigenvalue weighted by atomic mass is 19.1. The van der Waals surface area contributed by atoms with Crippen molar-refractivity contribution < 1.29 is 13.9 Å². The maximum Gasteiger partial charge on any atom is 0.148 e. The van der Waals surface area contributed by atoms with Crippen LogP contribution in [-0.4, -0.2) is 31.4 Å². The zero-order valence-electron chi connectivity index (χ0n) is 11.3. The van der Waals surface area contributed by atoms with Crippen LogP contribution in [0.15, 0.2) is 53.1 Å². The molecule has 2 aliphatic heterocycles. The molecule has 108 valence electrons. The van der Waals surface area contributed by atoms with Crippen LogP contribution in [0.5, 0.6) is 0 Å². The van der Waals surface area contributed by atoms with Crippen LogP contribution in [0, 0.1) is 5.82 Å². The maximum atomic E-state index is 13.3. The van der Waals surface area contributed by atoms with E-state index in [2.05, 4.69) is 10.3 Å². The van der Waals surface area contributed by atoms with Crippen molar-refractivity contribution in [2.45, 2.75) is 18.2 Å². The summed E-state index contributed by atoms with van der Waals surface area (Å²) < 4.78 is 24.2. The summed E-state index contributed by atoms with van der Waals surface area (Å²) in [7, 11) is 0. The Bertz CT molecular complexity index is 653. The van der Waals surface area contributed by atoms with Crippen molar-refractivity contribution in [3.8, 4) is 0 Å². The Kier molecular flexibility index (Phi) is 3.09. The number of fused-ring (bicyclic) bond motifs is 1. The highest BCUT2D eigenvalue weighted by Gasteiger charge is 2.30. The molecule has 3 atom stereocenters. The van der Waals surface area contributed by atoms with E-state index in [4.69, 9.17) is 9.47 Å². The second-order valence-electron chi connectivity index (χ2n) is 5.30. The molecule has 0 amide bonds. The number of halogens is 1. The number of ether oxygens (including phenoxy) is 2. The van der Waals surface area contributed by atoms with Crippen molar-refractivity contribution in [3.05, 3.63) is 59.4 Å². The summed E-state index contributed by atoms with van der Waals surface area (Å²) >= 11 is 0. The van der Waals surface area contributed by atoms with E-state index in [1.807, 2.05) is 24.3 Å². The summed E-state index contributed by atoms with van der Waals surface area (Å²) in [4.78, 5) is 4.53. The van der Waals surface area contributed by atoms with Gasteiger partial charge >= 0.3 is 0 Å². The number of rotatable bonds is 2. The average molecular weight is 286 g/mol. The molecule has 2 heterocycles. The Hall–Kier alpha value is -1.98. The van der Waals surface area contributed by atoms with Crippen molar-refractivity contribution >= 4 is 5.84 Å². The molecule has 0 bridgehead atoms. The molecule has 1 aromatic rings. The van der Waals surface area contributed by atoms with Gasteiger partial charge in [-0.3, -0.25) is 4.99 Å². The first-order valence-corrected chi connectivity index (χ1v) is 7.00. The largest absolute Gasteiger partial charge is 0.361 e. The van der Waals surface area contributed by atoms with E-state index in [1.165, 1.54) is 6.07 Å². The van der Waals surface area contributed by atoms with Crippen LogP contribution >= 0.6 is 0 Å². The number of aliphatic imine (C=N–C) groups is 1. The van der Waals surface area contributed by atoms with Gasteiger partial charge in [-0.25, -0.2) is 4.39 Å². The lowest BCUT2D eigenvalue weighted by molar-refractivity contribution is 0.0503. The molecule has 0 saturated carbocycles. The minimum absolute atomic E-state index is 0.00905. The van der Waals surface area contributed by atoms with Crippen molar-refractivity contribution in [1.82, 2.24) is 5.32 Å². The molecular weight excluding hydrogens is 271 g/mol. The van der Waals surface area contributed by atoms with E-state index in [0.29, 0.717) is 13.3 Å². The van der Waals surface area contributed by atoms with E-state index >= 15 is 0 Å². The lowest BCUT2D eigenvalue weighted by Gasteiger charge is -2.18. The van der Waals surface area contributed by atoms with Crippen LogP contribution in [0.3, 0.4) is 0 Å². The fourth-order valence-electron chi connectivity index (χ4n) is 2.81. The van der Waals surface area contributed by atoms with Gasteiger partial charge in [0.1, 0.15) is 30.7 Å². The van der Waals surface area contributed by atoms with Crippen molar-refractivity contribution in [2.24, 2.45) is 4.99 Å². The van der Waals surface area contributed by atoms with Gasteiger partial charge in [0.15, 0.2) is 0 Å². The third-order valence-electron chi connectivity index (χ3n) is 3.92. The van der Waals surface area contributed by atoms with Gasteiger partial charge in [0, 0.05) is 5.57 Å².